The van der Waals surface area contributed by atoms with Crippen molar-refractivity contribution >= 4 is 17.9 Å². The van der Waals surface area contributed by atoms with Crippen LogP contribution in [0.25, 0.3) is 0 Å². The fourth-order valence-corrected chi connectivity index (χ4v) is 9.23. The van der Waals surface area contributed by atoms with E-state index in [1.807, 2.05) is 0 Å². The zero-order chi connectivity index (χ0) is 48.2. The van der Waals surface area contributed by atoms with E-state index in [2.05, 4.69) is 34.6 Å². The van der Waals surface area contributed by atoms with Gasteiger partial charge in [0.25, 0.3) is 0 Å². The molecule has 6 nitrogen and oxygen atoms in total. The topological polar surface area (TPSA) is 78.9 Å². The van der Waals surface area contributed by atoms with Crippen molar-refractivity contribution in [3.05, 3.63) is 0 Å². The number of esters is 3. The minimum absolute atomic E-state index is 0.0623. The van der Waals surface area contributed by atoms with Crippen molar-refractivity contribution in [3.63, 3.8) is 0 Å². The smallest absolute Gasteiger partial charge is 0.306 e. The molecule has 0 aliphatic carbocycles. The van der Waals surface area contributed by atoms with Gasteiger partial charge in [0, 0.05) is 19.3 Å². The van der Waals surface area contributed by atoms with E-state index in [0.717, 1.165) is 69.6 Å². The fraction of sp³-hybridized carbons (Fsp3) is 0.950. The summed E-state index contributed by atoms with van der Waals surface area (Å²) in [4.78, 5) is 38.2. The summed E-state index contributed by atoms with van der Waals surface area (Å²) in [7, 11) is 0. The van der Waals surface area contributed by atoms with Gasteiger partial charge < -0.3 is 14.2 Å². The molecule has 66 heavy (non-hydrogen) atoms. The molecule has 0 aromatic rings. The predicted octanol–water partition coefficient (Wildman–Crippen LogP) is 19.7. The minimum atomic E-state index is -0.763. The van der Waals surface area contributed by atoms with Crippen LogP contribution in [0.4, 0.5) is 0 Å². The third-order valence-electron chi connectivity index (χ3n) is 13.7. The Morgan fingerprint density at radius 2 is 0.500 bits per heavy atom. The molecule has 0 saturated carbocycles. The van der Waals surface area contributed by atoms with Gasteiger partial charge >= 0.3 is 17.9 Å². The number of carbonyl (C=O) groups is 3. The fourth-order valence-electron chi connectivity index (χ4n) is 9.23. The van der Waals surface area contributed by atoms with Crippen molar-refractivity contribution in [3.8, 4) is 0 Å². The largest absolute Gasteiger partial charge is 0.462 e. The molecule has 0 spiro atoms. The summed E-state index contributed by atoms with van der Waals surface area (Å²) in [5.41, 5.74) is 0. The van der Waals surface area contributed by atoms with Crippen LogP contribution in [-0.4, -0.2) is 37.2 Å². The molecule has 0 unspecified atom stereocenters. The van der Waals surface area contributed by atoms with Gasteiger partial charge in [0.1, 0.15) is 13.2 Å². The van der Waals surface area contributed by atoms with Crippen molar-refractivity contribution in [1.29, 1.82) is 0 Å². The molecular weight excluding hydrogens is 817 g/mol. The van der Waals surface area contributed by atoms with Crippen molar-refractivity contribution < 1.29 is 28.6 Å². The first-order chi connectivity index (χ1) is 32.2. The monoisotopic (exact) mass is 933 g/mol. The Hall–Kier alpha value is -1.59. The molecule has 6 heteroatoms. The van der Waals surface area contributed by atoms with Gasteiger partial charge in [-0.25, -0.2) is 0 Å². The summed E-state index contributed by atoms with van der Waals surface area (Å²) in [6.07, 6.45) is 56.6. The molecule has 392 valence electrons. The summed E-state index contributed by atoms with van der Waals surface area (Å²) >= 11 is 0. The number of hydrogen-bond donors (Lipinski definition) is 0. The SMILES string of the molecule is CCCCCCCCCCCCCCCCCC(=O)OC[C@@H](COC(=O)CCCCCCCCCCCCCCC(C)C)OC(=O)CCCCCCCCCCCCCCCCCC(C)C. The third kappa shape index (κ3) is 53.4. The van der Waals surface area contributed by atoms with Gasteiger partial charge in [0.2, 0.25) is 0 Å². The Morgan fingerprint density at radius 1 is 0.288 bits per heavy atom. The lowest BCUT2D eigenvalue weighted by molar-refractivity contribution is -0.167. The highest BCUT2D eigenvalue weighted by atomic mass is 16.6. The van der Waals surface area contributed by atoms with E-state index in [1.165, 1.54) is 225 Å². The zero-order valence-corrected chi connectivity index (χ0v) is 45.3. The first kappa shape index (κ1) is 64.4. The van der Waals surface area contributed by atoms with Crippen LogP contribution in [0.1, 0.15) is 336 Å². The highest BCUT2D eigenvalue weighted by molar-refractivity contribution is 5.71. The first-order valence-corrected chi connectivity index (χ1v) is 29.7. The lowest BCUT2D eigenvalue weighted by Crippen LogP contribution is -2.30. The molecule has 0 aromatic heterocycles. The molecule has 0 fully saturated rings. The van der Waals surface area contributed by atoms with E-state index >= 15 is 0 Å². The molecule has 0 aromatic carbocycles. The quantitative estimate of drug-likeness (QED) is 0.0343. The van der Waals surface area contributed by atoms with Crippen LogP contribution < -0.4 is 0 Å². The molecule has 0 radical (unpaired) electrons. The van der Waals surface area contributed by atoms with E-state index in [-0.39, 0.29) is 31.1 Å². The third-order valence-corrected chi connectivity index (χ3v) is 13.7. The Balaban J connectivity index is 4.30. The lowest BCUT2D eigenvalue weighted by atomic mass is 10.0. The van der Waals surface area contributed by atoms with Crippen LogP contribution in [0.2, 0.25) is 0 Å². The number of carbonyl (C=O) groups excluding carboxylic acids is 3. The average molecular weight is 934 g/mol. The molecule has 0 saturated heterocycles. The zero-order valence-electron chi connectivity index (χ0n) is 45.3. The normalized spacial score (nSPS) is 12.0. The summed E-state index contributed by atoms with van der Waals surface area (Å²) in [5.74, 6) is 0.845. The van der Waals surface area contributed by atoms with Gasteiger partial charge in [-0.15, -0.1) is 0 Å². The Labute approximate surface area is 412 Å². The Morgan fingerprint density at radius 3 is 0.742 bits per heavy atom. The van der Waals surface area contributed by atoms with E-state index in [9.17, 15) is 14.4 Å². The predicted molar refractivity (Wildman–Crippen MR) is 284 cm³/mol. The van der Waals surface area contributed by atoms with Gasteiger partial charge in [-0.05, 0) is 31.1 Å². The highest BCUT2D eigenvalue weighted by Crippen LogP contribution is 2.18. The molecule has 0 rings (SSSR count). The summed E-state index contributed by atoms with van der Waals surface area (Å²) in [6, 6.07) is 0. The van der Waals surface area contributed by atoms with E-state index in [4.69, 9.17) is 14.2 Å². The van der Waals surface area contributed by atoms with Gasteiger partial charge in [-0.2, -0.15) is 0 Å². The number of hydrogen-bond acceptors (Lipinski definition) is 6. The van der Waals surface area contributed by atoms with Crippen LogP contribution >= 0.6 is 0 Å². The summed E-state index contributed by atoms with van der Waals surface area (Å²) in [5, 5.41) is 0. The van der Waals surface area contributed by atoms with Crippen LogP contribution in [-0.2, 0) is 28.6 Å². The maximum atomic E-state index is 12.9. The standard InChI is InChI=1S/C60H116O6/c1-6-7-8-9-10-11-12-13-15-19-25-30-35-40-45-50-58(61)64-53-57(54-65-59(62)51-46-41-36-31-26-22-21-24-29-34-39-44-49-56(4)5)66-60(63)52-47-42-37-32-27-20-17-14-16-18-23-28-33-38-43-48-55(2)3/h55-57H,6-54H2,1-5H3/t57-/m0/s1. The molecule has 0 aliphatic heterocycles. The second kappa shape index (κ2) is 52.8. The van der Waals surface area contributed by atoms with E-state index in [0.29, 0.717) is 19.3 Å². The first-order valence-electron chi connectivity index (χ1n) is 29.7. The van der Waals surface area contributed by atoms with Crippen LogP contribution in [0.15, 0.2) is 0 Å². The molecule has 1 atom stereocenters. The number of ether oxygens (including phenoxy) is 3. The van der Waals surface area contributed by atoms with Crippen molar-refractivity contribution in [2.45, 2.75) is 343 Å². The second-order valence-electron chi connectivity index (χ2n) is 21.6. The molecule has 0 aliphatic rings. The van der Waals surface area contributed by atoms with Crippen LogP contribution in [0.5, 0.6) is 0 Å². The summed E-state index contributed by atoms with van der Waals surface area (Å²) in [6.45, 7) is 11.4. The number of unbranched alkanes of at least 4 members (excludes halogenated alkanes) is 39. The van der Waals surface area contributed by atoms with Gasteiger partial charge in [0.15, 0.2) is 6.10 Å². The molecule has 0 amide bonds. The van der Waals surface area contributed by atoms with E-state index in [1.54, 1.807) is 0 Å². The minimum Gasteiger partial charge on any atom is -0.462 e. The maximum absolute atomic E-state index is 12.9. The van der Waals surface area contributed by atoms with Crippen molar-refractivity contribution in [2.24, 2.45) is 11.8 Å². The molecule has 0 N–H and O–H groups in total. The summed E-state index contributed by atoms with van der Waals surface area (Å²) < 4.78 is 16.9. The van der Waals surface area contributed by atoms with Crippen molar-refractivity contribution in [1.82, 2.24) is 0 Å². The Bertz CT molecular complexity index is 1010. The molecule has 0 bridgehead atoms. The lowest BCUT2D eigenvalue weighted by Gasteiger charge is -2.18. The van der Waals surface area contributed by atoms with E-state index < -0.39 is 6.10 Å². The molecule has 0 heterocycles. The number of rotatable bonds is 54. The second-order valence-corrected chi connectivity index (χ2v) is 21.6. The average Bonchev–Trinajstić information content (AvgIpc) is 3.29. The van der Waals surface area contributed by atoms with Gasteiger partial charge in [-0.3, -0.25) is 14.4 Å². The molecular formula is C60H116O6. The van der Waals surface area contributed by atoms with Crippen molar-refractivity contribution in [2.75, 3.05) is 13.2 Å². The maximum Gasteiger partial charge on any atom is 0.306 e. The van der Waals surface area contributed by atoms with Gasteiger partial charge in [-0.1, -0.05) is 298 Å². The van der Waals surface area contributed by atoms with Gasteiger partial charge in [0.05, 0.1) is 0 Å². The van der Waals surface area contributed by atoms with Crippen LogP contribution in [0.3, 0.4) is 0 Å². The Kier molecular flexibility index (Phi) is 51.5. The highest BCUT2D eigenvalue weighted by Gasteiger charge is 2.19. The van der Waals surface area contributed by atoms with Crippen LogP contribution in [0, 0.1) is 11.8 Å².